The van der Waals surface area contributed by atoms with E-state index in [9.17, 15) is 9.59 Å². The van der Waals surface area contributed by atoms with Crippen LogP contribution in [0.15, 0.2) is 59.7 Å². The molecule has 0 spiro atoms. The first-order chi connectivity index (χ1) is 14.5. The van der Waals surface area contributed by atoms with Crippen LogP contribution in [0, 0.1) is 6.92 Å². The second kappa shape index (κ2) is 9.89. The first-order valence-electron chi connectivity index (χ1n) is 9.42. The van der Waals surface area contributed by atoms with Crippen molar-refractivity contribution in [3.63, 3.8) is 0 Å². The number of ether oxygens (including phenoxy) is 1. The predicted molar refractivity (Wildman–Crippen MR) is 120 cm³/mol. The minimum absolute atomic E-state index is 0.0200. The Hall–Kier alpha value is -3.38. The molecule has 154 valence electrons. The summed E-state index contributed by atoms with van der Waals surface area (Å²) in [6, 6.07) is 16.8. The standard InChI is InChI=1S/C23H22ClN3O3/c1-15-19(24)8-5-9-20(15)26-22(28)12-13-23(29)27-25-14-16-10-11-21(30-2)18-7-4-3-6-17(16)18/h3-11,14H,12-13H2,1-2H3,(H,26,28)(H,27,29). The van der Waals surface area contributed by atoms with Gasteiger partial charge in [-0.25, -0.2) is 5.43 Å². The third-order valence-electron chi connectivity index (χ3n) is 4.65. The van der Waals surface area contributed by atoms with Gasteiger partial charge in [-0.15, -0.1) is 0 Å². The molecule has 30 heavy (non-hydrogen) atoms. The number of halogens is 1. The minimum atomic E-state index is -0.345. The van der Waals surface area contributed by atoms with Crippen LogP contribution in [0.4, 0.5) is 5.69 Å². The van der Waals surface area contributed by atoms with Crippen molar-refractivity contribution in [3.8, 4) is 5.75 Å². The number of benzene rings is 3. The summed E-state index contributed by atoms with van der Waals surface area (Å²) in [5.74, 6) is 0.162. The van der Waals surface area contributed by atoms with Crippen LogP contribution in [-0.2, 0) is 9.59 Å². The van der Waals surface area contributed by atoms with Gasteiger partial charge < -0.3 is 10.1 Å². The molecule has 0 aliphatic rings. The largest absolute Gasteiger partial charge is 0.496 e. The smallest absolute Gasteiger partial charge is 0.240 e. The minimum Gasteiger partial charge on any atom is -0.496 e. The molecular weight excluding hydrogens is 402 g/mol. The molecule has 0 unspecified atom stereocenters. The van der Waals surface area contributed by atoms with Crippen molar-refractivity contribution in [3.05, 3.63) is 70.7 Å². The van der Waals surface area contributed by atoms with E-state index in [1.165, 1.54) is 0 Å². The van der Waals surface area contributed by atoms with Gasteiger partial charge in [0.05, 0.1) is 13.3 Å². The van der Waals surface area contributed by atoms with Crippen molar-refractivity contribution in [2.24, 2.45) is 5.10 Å². The van der Waals surface area contributed by atoms with Crippen LogP contribution in [0.2, 0.25) is 5.02 Å². The van der Waals surface area contributed by atoms with Gasteiger partial charge in [0.1, 0.15) is 5.75 Å². The van der Waals surface area contributed by atoms with E-state index >= 15 is 0 Å². The Kier molecular flexibility index (Phi) is 7.03. The molecule has 0 saturated carbocycles. The molecular formula is C23H22ClN3O3. The number of carbonyl (C=O) groups excluding carboxylic acids is 2. The zero-order chi connectivity index (χ0) is 21.5. The van der Waals surface area contributed by atoms with E-state index in [0.29, 0.717) is 10.7 Å². The van der Waals surface area contributed by atoms with Gasteiger partial charge in [-0.3, -0.25) is 9.59 Å². The molecule has 3 aromatic rings. The molecule has 2 N–H and O–H groups in total. The van der Waals surface area contributed by atoms with Crippen LogP contribution in [-0.4, -0.2) is 25.1 Å². The SMILES string of the molecule is COc1ccc(C=NNC(=O)CCC(=O)Nc2cccc(Cl)c2C)c2ccccc12. The Morgan fingerprint density at radius 2 is 1.73 bits per heavy atom. The third-order valence-corrected chi connectivity index (χ3v) is 5.06. The van der Waals surface area contributed by atoms with Crippen LogP contribution in [0.5, 0.6) is 5.75 Å². The summed E-state index contributed by atoms with van der Waals surface area (Å²) < 4.78 is 5.38. The number of carbonyl (C=O) groups is 2. The lowest BCUT2D eigenvalue weighted by molar-refractivity contribution is -0.124. The molecule has 0 fully saturated rings. The van der Waals surface area contributed by atoms with Crippen LogP contribution >= 0.6 is 11.6 Å². The van der Waals surface area contributed by atoms with E-state index in [1.54, 1.807) is 31.5 Å². The van der Waals surface area contributed by atoms with Gasteiger partial charge in [0.25, 0.3) is 0 Å². The molecule has 0 aliphatic heterocycles. The molecule has 0 aliphatic carbocycles. The van der Waals surface area contributed by atoms with E-state index in [2.05, 4.69) is 15.8 Å². The number of rotatable bonds is 7. The molecule has 3 rings (SSSR count). The molecule has 0 atom stereocenters. The van der Waals surface area contributed by atoms with Gasteiger partial charge >= 0.3 is 0 Å². The number of anilines is 1. The highest BCUT2D eigenvalue weighted by molar-refractivity contribution is 6.31. The second-order valence-electron chi connectivity index (χ2n) is 6.66. The molecule has 0 saturated heterocycles. The van der Waals surface area contributed by atoms with Crippen molar-refractivity contribution in [2.75, 3.05) is 12.4 Å². The predicted octanol–water partition coefficient (Wildman–Crippen LogP) is 4.68. The van der Waals surface area contributed by atoms with Crippen LogP contribution in [0.25, 0.3) is 10.8 Å². The lowest BCUT2D eigenvalue weighted by Gasteiger charge is -2.09. The number of amides is 2. The fourth-order valence-corrected chi connectivity index (χ4v) is 3.17. The first kappa shape index (κ1) is 21.3. The summed E-state index contributed by atoms with van der Waals surface area (Å²) in [5, 5.41) is 9.29. The number of hydrazone groups is 1. The van der Waals surface area contributed by atoms with Gasteiger partial charge in [-0.05, 0) is 42.1 Å². The van der Waals surface area contributed by atoms with Crippen LogP contribution in [0.3, 0.4) is 0 Å². The maximum Gasteiger partial charge on any atom is 0.240 e. The normalized spacial score (nSPS) is 10.9. The highest BCUT2D eigenvalue weighted by Gasteiger charge is 2.09. The van der Waals surface area contributed by atoms with E-state index in [4.69, 9.17) is 16.3 Å². The number of hydrogen-bond donors (Lipinski definition) is 2. The summed E-state index contributed by atoms with van der Waals surface area (Å²) in [7, 11) is 1.62. The molecule has 7 heteroatoms. The van der Waals surface area contributed by atoms with Crippen molar-refractivity contribution in [1.29, 1.82) is 0 Å². The van der Waals surface area contributed by atoms with Crippen molar-refractivity contribution in [1.82, 2.24) is 5.43 Å². The summed E-state index contributed by atoms with van der Waals surface area (Å²) >= 11 is 6.05. The van der Waals surface area contributed by atoms with Gasteiger partial charge in [0, 0.05) is 34.5 Å². The Morgan fingerprint density at radius 1 is 1.00 bits per heavy atom. The Labute approximate surface area is 179 Å². The summed E-state index contributed by atoms with van der Waals surface area (Å²) in [6.07, 6.45) is 1.64. The second-order valence-corrected chi connectivity index (χ2v) is 7.06. The Morgan fingerprint density at radius 3 is 2.50 bits per heavy atom. The first-order valence-corrected chi connectivity index (χ1v) is 9.80. The molecule has 0 radical (unpaired) electrons. The van der Waals surface area contributed by atoms with Gasteiger partial charge in [0.2, 0.25) is 11.8 Å². The average Bonchev–Trinajstić information content (AvgIpc) is 2.75. The summed E-state index contributed by atoms with van der Waals surface area (Å²) in [6.45, 7) is 1.82. The van der Waals surface area contributed by atoms with Crippen molar-refractivity contribution >= 4 is 46.1 Å². The Balaban J connectivity index is 1.55. The molecule has 2 amide bonds. The Bertz CT molecular complexity index is 1110. The molecule has 0 aromatic heterocycles. The summed E-state index contributed by atoms with van der Waals surface area (Å²) in [5.41, 5.74) is 4.73. The quantitative estimate of drug-likeness (QED) is 0.427. The van der Waals surface area contributed by atoms with Gasteiger partial charge in [-0.2, -0.15) is 5.10 Å². The zero-order valence-corrected chi connectivity index (χ0v) is 17.5. The maximum absolute atomic E-state index is 12.1. The highest BCUT2D eigenvalue weighted by atomic mass is 35.5. The van der Waals surface area contributed by atoms with E-state index in [-0.39, 0.29) is 24.7 Å². The number of hydrogen-bond acceptors (Lipinski definition) is 4. The number of nitrogens with one attached hydrogen (secondary N) is 2. The number of nitrogens with zero attached hydrogens (tertiary/aromatic N) is 1. The molecule has 3 aromatic carbocycles. The fourth-order valence-electron chi connectivity index (χ4n) is 3.00. The fraction of sp³-hybridized carbons (Fsp3) is 0.174. The number of methoxy groups -OCH3 is 1. The van der Waals surface area contributed by atoms with E-state index in [0.717, 1.165) is 27.6 Å². The lowest BCUT2D eigenvalue weighted by Crippen LogP contribution is -2.21. The monoisotopic (exact) mass is 423 g/mol. The third kappa shape index (κ3) is 5.15. The van der Waals surface area contributed by atoms with Crippen molar-refractivity contribution < 1.29 is 14.3 Å². The van der Waals surface area contributed by atoms with Gasteiger partial charge in [0.15, 0.2) is 0 Å². The van der Waals surface area contributed by atoms with Crippen molar-refractivity contribution in [2.45, 2.75) is 19.8 Å². The molecule has 0 heterocycles. The molecule has 6 nitrogen and oxygen atoms in total. The lowest BCUT2D eigenvalue weighted by atomic mass is 10.0. The molecule has 0 bridgehead atoms. The van der Waals surface area contributed by atoms with Crippen LogP contribution in [0.1, 0.15) is 24.0 Å². The topological polar surface area (TPSA) is 79.8 Å². The van der Waals surface area contributed by atoms with E-state index in [1.807, 2.05) is 43.3 Å². The zero-order valence-electron chi connectivity index (χ0n) is 16.7. The van der Waals surface area contributed by atoms with E-state index < -0.39 is 0 Å². The number of fused-ring (bicyclic) bond motifs is 1. The van der Waals surface area contributed by atoms with Gasteiger partial charge in [-0.1, -0.05) is 41.9 Å². The maximum atomic E-state index is 12.1. The van der Waals surface area contributed by atoms with Crippen LogP contribution < -0.4 is 15.5 Å². The summed E-state index contributed by atoms with van der Waals surface area (Å²) in [4.78, 5) is 24.1. The average molecular weight is 424 g/mol. The highest BCUT2D eigenvalue weighted by Crippen LogP contribution is 2.27.